The summed E-state index contributed by atoms with van der Waals surface area (Å²) in [6, 6.07) is 9.28. The van der Waals surface area contributed by atoms with Gasteiger partial charge in [0.15, 0.2) is 0 Å². The quantitative estimate of drug-likeness (QED) is 0.934. The van der Waals surface area contributed by atoms with Crippen molar-refractivity contribution < 1.29 is 14.3 Å². The number of carbonyl (C=O) groups is 2. The molecule has 0 radical (unpaired) electrons. The van der Waals surface area contributed by atoms with Crippen LogP contribution in [0.25, 0.3) is 0 Å². The molecule has 1 aromatic rings. The number of rotatable bonds is 3. The highest BCUT2D eigenvalue weighted by atomic mass is 16.6. The molecule has 0 spiro atoms. The molecule has 0 aromatic heterocycles. The van der Waals surface area contributed by atoms with Gasteiger partial charge in [-0.15, -0.1) is 0 Å². The van der Waals surface area contributed by atoms with Crippen molar-refractivity contribution in [2.24, 2.45) is 5.92 Å². The van der Waals surface area contributed by atoms with E-state index in [9.17, 15) is 9.59 Å². The third kappa shape index (κ3) is 4.76. The van der Waals surface area contributed by atoms with E-state index in [0.29, 0.717) is 18.7 Å². The van der Waals surface area contributed by atoms with Crippen molar-refractivity contribution >= 4 is 12.0 Å². The summed E-state index contributed by atoms with van der Waals surface area (Å²) < 4.78 is 5.21. The molecule has 1 unspecified atom stereocenters. The second-order valence-corrected chi connectivity index (χ2v) is 6.65. The van der Waals surface area contributed by atoms with Crippen molar-refractivity contribution in [1.29, 1.82) is 0 Å². The number of benzene rings is 1. The lowest BCUT2D eigenvalue weighted by molar-refractivity contribution is 0.0520. The Balaban J connectivity index is 1.78. The minimum atomic E-state index is -0.491. The largest absolute Gasteiger partial charge is 0.444 e. The molecule has 0 bridgehead atoms. The van der Waals surface area contributed by atoms with E-state index < -0.39 is 11.7 Å². The molecule has 1 aliphatic rings. The topological polar surface area (TPSA) is 58.6 Å². The number of amides is 2. The van der Waals surface area contributed by atoms with Gasteiger partial charge < -0.3 is 15.0 Å². The van der Waals surface area contributed by atoms with E-state index in [1.54, 1.807) is 0 Å². The number of nitrogens with zero attached hydrogens (tertiary/aromatic N) is 1. The third-order valence-electron chi connectivity index (χ3n) is 3.53. The predicted octanol–water partition coefficient (Wildman–Crippen LogP) is 2.67. The van der Waals surface area contributed by atoms with Gasteiger partial charge in [-0.25, -0.2) is 4.79 Å². The standard InChI is InChI=1S/C17H24N2O3/c1-17(2,3)22-16(21)18-11-13-9-10-19(12-13)15(20)14-7-5-4-6-8-14/h4-8,13H,9-12H2,1-3H3,(H,18,21). The molecule has 5 nitrogen and oxygen atoms in total. The lowest BCUT2D eigenvalue weighted by atomic mass is 10.1. The first-order valence-electron chi connectivity index (χ1n) is 7.66. The summed E-state index contributed by atoms with van der Waals surface area (Å²) in [6.45, 7) is 7.44. The molecule has 120 valence electrons. The Morgan fingerprint density at radius 1 is 1.27 bits per heavy atom. The van der Waals surface area contributed by atoms with Crippen LogP contribution in [-0.4, -0.2) is 42.1 Å². The Morgan fingerprint density at radius 3 is 2.59 bits per heavy atom. The molecule has 2 amide bonds. The van der Waals surface area contributed by atoms with Gasteiger partial charge in [0.2, 0.25) is 0 Å². The number of nitrogens with one attached hydrogen (secondary N) is 1. The molecule has 22 heavy (non-hydrogen) atoms. The summed E-state index contributed by atoms with van der Waals surface area (Å²) in [4.78, 5) is 25.8. The van der Waals surface area contributed by atoms with Crippen LogP contribution in [0.15, 0.2) is 30.3 Å². The molecule has 0 saturated carbocycles. The Kier molecular flexibility index (Phi) is 5.06. The maximum atomic E-state index is 12.3. The Hall–Kier alpha value is -2.04. The van der Waals surface area contributed by atoms with Crippen molar-refractivity contribution in [2.75, 3.05) is 19.6 Å². The molecular formula is C17H24N2O3. The molecular weight excluding hydrogens is 280 g/mol. The fourth-order valence-electron chi connectivity index (χ4n) is 2.49. The minimum Gasteiger partial charge on any atom is -0.444 e. The number of likely N-dealkylation sites (tertiary alicyclic amines) is 1. The highest BCUT2D eigenvalue weighted by molar-refractivity contribution is 5.94. The van der Waals surface area contributed by atoms with Crippen LogP contribution in [0.2, 0.25) is 0 Å². The Labute approximate surface area is 131 Å². The van der Waals surface area contributed by atoms with Crippen LogP contribution in [0, 0.1) is 5.92 Å². The van der Waals surface area contributed by atoms with Gasteiger partial charge in [0.05, 0.1) is 0 Å². The van der Waals surface area contributed by atoms with E-state index in [1.807, 2.05) is 56.0 Å². The van der Waals surface area contributed by atoms with Crippen LogP contribution in [0.4, 0.5) is 4.79 Å². The predicted molar refractivity (Wildman–Crippen MR) is 84.7 cm³/mol. The van der Waals surface area contributed by atoms with Crippen LogP contribution < -0.4 is 5.32 Å². The molecule has 1 aliphatic heterocycles. The molecule has 2 rings (SSSR count). The SMILES string of the molecule is CC(C)(C)OC(=O)NCC1CCN(C(=O)c2ccccc2)C1. The van der Waals surface area contributed by atoms with Gasteiger partial charge in [-0.05, 0) is 45.2 Å². The van der Waals surface area contributed by atoms with Gasteiger partial charge in [-0.2, -0.15) is 0 Å². The molecule has 1 atom stereocenters. The van der Waals surface area contributed by atoms with Gasteiger partial charge in [0.1, 0.15) is 5.60 Å². The fourth-order valence-corrected chi connectivity index (χ4v) is 2.49. The summed E-state index contributed by atoms with van der Waals surface area (Å²) in [7, 11) is 0. The minimum absolute atomic E-state index is 0.0559. The van der Waals surface area contributed by atoms with Gasteiger partial charge in [-0.3, -0.25) is 4.79 Å². The van der Waals surface area contributed by atoms with Crippen molar-refractivity contribution in [3.8, 4) is 0 Å². The smallest absolute Gasteiger partial charge is 0.407 e. The first-order chi connectivity index (χ1) is 10.3. The molecule has 1 heterocycles. The molecule has 1 aromatic carbocycles. The molecule has 5 heteroatoms. The first-order valence-corrected chi connectivity index (χ1v) is 7.66. The number of carbonyl (C=O) groups excluding carboxylic acids is 2. The maximum Gasteiger partial charge on any atom is 0.407 e. The molecule has 0 aliphatic carbocycles. The number of hydrogen-bond acceptors (Lipinski definition) is 3. The number of alkyl carbamates (subject to hydrolysis) is 1. The zero-order valence-corrected chi connectivity index (χ0v) is 13.5. The van der Waals surface area contributed by atoms with Gasteiger partial charge in [0, 0.05) is 25.2 Å². The fraction of sp³-hybridized carbons (Fsp3) is 0.529. The van der Waals surface area contributed by atoms with E-state index in [4.69, 9.17) is 4.74 Å². The van der Waals surface area contributed by atoms with Crippen LogP contribution in [-0.2, 0) is 4.74 Å². The Bertz CT molecular complexity index is 522. The Morgan fingerprint density at radius 2 is 1.95 bits per heavy atom. The second-order valence-electron chi connectivity index (χ2n) is 6.65. The summed E-state index contributed by atoms with van der Waals surface area (Å²) in [5, 5.41) is 2.78. The monoisotopic (exact) mass is 304 g/mol. The van der Waals surface area contributed by atoms with Crippen LogP contribution in [0.5, 0.6) is 0 Å². The zero-order valence-electron chi connectivity index (χ0n) is 13.5. The summed E-state index contributed by atoms with van der Waals surface area (Å²) in [5.74, 6) is 0.334. The highest BCUT2D eigenvalue weighted by Gasteiger charge is 2.27. The van der Waals surface area contributed by atoms with Crippen molar-refractivity contribution in [2.45, 2.75) is 32.8 Å². The normalized spacial score (nSPS) is 18.1. The molecule has 1 N–H and O–H groups in total. The van der Waals surface area contributed by atoms with Crippen LogP contribution >= 0.6 is 0 Å². The molecule has 1 fully saturated rings. The van der Waals surface area contributed by atoms with E-state index in [-0.39, 0.29) is 11.8 Å². The van der Waals surface area contributed by atoms with Crippen LogP contribution in [0.1, 0.15) is 37.6 Å². The first kappa shape index (κ1) is 16.3. The van der Waals surface area contributed by atoms with Gasteiger partial charge in [-0.1, -0.05) is 18.2 Å². The average Bonchev–Trinajstić information content (AvgIpc) is 2.92. The van der Waals surface area contributed by atoms with Crippen molar-refractivity contribution in [3.05, 3.63) is 35.9 Å². The molecule has 1 saturated heterocycles. The maximum absolute atomic E-state index is 12.3. The van der Waals surface area contributed by atoms with Gasteiger partial charge >= 0.3 is 6.09 Å². The van der Waals surface area contributed by atoms with Crippen molar-refractivity contribution in [3.63, 3.8) is 0 Å². The van der Waals surface area contributed by atoms with Gasteiger partial charge in [0.25, 0.3) is 5.91 Å². The van der Waals surface area contributed by atoms with E-state index >= 15 is 0 Å². The third-order valence-corrected chi connectivity index (χ3v) is 3.53. The van der Waals surface area contributed by atoms with Crippen molar-refractivity contribution in [1.82, 2.24) is 10.2 Å². The highest BCUT2D eigenvalue weighted by Crippen LogP contribution is 2.18. The summed E-state index contributed by atoms with van der Waals surface area (Å²) >= 11 is 0. The lowest BCUT2D eigenvalue weighted by Gasteiger charge is -2.21. The average molecular weight is 304 g/mol. The van der Waals surface area contributed by atoms with E-state index in [1.165, 1.54) is 0 Å². The lowest BCUT2D eigenvalue weighted by Crippen LogP contribution is -2.36. The van der Waals surface area contributed by atoms with Crippen LogP contribution in [0.3, 0.4) is 0 Å². The zero-order chi connectivity index (χ0) is 16.2. The summed E-state index contributed by atoms with van der Waals surface area (Å²) in [6.07, 6.45) is 0.495. The van der Waals surface area contributed by atoms with E-state index in [2.05, 4.69) is 5.32 Å². The number of hydrogen-bond donors (Lipinski definition) is 1. The number of ether oxygens (including phenoxy) is 1. The van der Waals surface area contributed by atoms with E-state index in [0.717, 1.165) is 13.0 Å². The summed E-state index contributed by atoms with van der Waals surface area (Å²) in [5.41, 5.74) is 0.220. The second kappa shape index (κ2) is 6.81.